The van der Waals surface area contributed by atoms with Gasteiger partial charge in [-0.2, -0.15) is 0 Å². The molecule has 3 aromatic rings. The summed E-state index contributed by atoms with van der Waals surface area (Å²) in [5.41, 5.74) is 6.34. The fourth-order valence-electron chi connectivity index (χ4n) is 2.65. The summed E-state index contributed by atoms with van der Waals surface area (Å²) in [6.07, 6.45) is 6.78. The van der Waals surface area contributed by atoms with Crippen molar-refractivity contribution in [1.29, 1.82) is 0 Å². The molecule has 2 heterocycles. The Balaban J connectivity index is 2.17. The van der Waals surface area contributed by atoms with E-state index < -0.39 is 0 Å². The van der Waals surface area contributed by atoms with Crippen LogP contribution in [-0.2, 0) is 6.42 Å². The largest absolute Gasteiger partial charge is 0.264 e. The van der Waals surface area contributed by atoms with Crippen LogP contribution in [0.4, 0.5) is 0 Å². The SMILES string of the molecule is c1ccc2c3c(cnc2c1)Cc1cnccc1-3. The molecule has 4 rings (SSSR count). The highest BCUT2D eigenvalue weighted by Crippen LogP contribution is 2.39. The van der Waals surface area contributed by atoms with Crippen LogP contribution in [0.5, 0.6) is 0 Å². The molecule has 1 aliphatic carbocycles. The van der Waals surface area contributed by atoms with Gasteiger partial charge < -0.3 is 0 Å². The Bertz CT molecular complexity index is 732. The molecule has 0 unspecified atom stereocenters. The van der Waals surface area contributed by atoms with Crippen molar-refractivity contribution < 1.29 is 0 Å². The summed E-state index contributed by atoms with van der Waals surface area (Å²) in [6.45, 7) is 0. The molecule has 1 aromatic carbocycles. The van der Waals surface area contributed by atoms with Gasteiger partial charge in [0.25, 0.3) is 0 Å². The molecule has 0 fully saturated rings. The minimum atomic E-state index is 0.955. The van der Waals surface area contributed by atoms with Crippen molar-refractivity contribution in [3.8, 4) is 11.1 Å². The van der Waals surface area contributed by atoms with E-state index in [4.69, 9.17) is 0 Å². The van der Waals surface area contributed by atoms with Crippen molar-refractivity contribution >= 4 is 10.9 Å². The molecule has 0 atom stereocenters. The average Bonchev–Trinajstić information content (AvgIpc) is 2.77. The van der Waals surface area contributed by atoms with E-state index >= 15 is 0 Å². The van der Waals surface area contributed by atoms with Gasteiger partial charge in [0.15, 0.2) is 0 Å². The van der Waals surface area contributed by atoms with Crippen molar-refractivity contribution in [2.75, 3.05) is 0 Å². The van der Waals surface area contributed by atoms with Gasteiger partial charge in [0, 0.05) is 30.4 Å². The van der Waals surface area contributed by atoms with Crippen molar-refractivity contribution in [2.24, 2.45) is 0 Å². The molecule has 0 spiro atoms. The van der Waals surface area contributed by atoms with Crippen molar-refractivity contribution in [2.45, 2.75) is 6.42 Å². The summed E-state index contributed by atoms with van der Waals surface area (Å²) < 4.78 is 0. The number of hydrogen-bond donors (Lipinski definition) is 0. The van der Waals surface area contributed by atoms with Gasteiger partial charge in [-0.25, -0.2) is 0 Å². The van der Waals surface area contributed by atoms with Gasteiger partial charge in [-0.05, 0) is 34.4 Å². The van der Waals surface area contributed by atoms with E-state index in [1.165, 1.54) is 27.6 Å². The molecule has 2 heteroatoms. The Morgan fingerprint density at radius 3 is 2.88 bits per heavy atom. The van der Waals surface area contributed by atoms with E-state index in [9.17, 15) is 0 Å². The first-order valence-electron chi connectivity index (χ1n) is 5.73. The van der Waals surface area contributed by atoms with Crippen LogP contribution in [0.25, 0.3) is 22.0 Å². The summed E-state index contributed by atoms with van der Waals surface area (Å²) in [7, 11) is 0. The van der Waals surface area contributed by atoms with Gasteiger partial charge in [-0.15, -0.1) is 0 Å². The van der Waals surface area contributed by atoms with Gasteiger partial charge >= 0.3 is 0 Å². The fourth-order valence-corrected chi connectivity index (χ4v) is 2.65. The summed E-state index contributed by atoms with van der Waals surface area (Å²) in [6, 6.07) is 10.4. The Hall–Kier alpha value is -2.22. The zero-order chi connectivity index (χ0) is 11.2. The summed E-state index contributed by atoms with van der Waals surface area (Å²) >= 11 is 0. The lowest BCUT2D eigenvalue weighted by atomic mass is 10.0. The van der Waals surface area contributed by atoms with Gasteiger partial charge in [-0.1, -0.05) is 18.2 Å². The van der Waals surface area contributed by atoms with Crippen molar-refractivity contribution in [1.82, 2.24) is 9.97 Å². The molecule has 2 nitrogen and oxygen atoms in total. The van der Waals surface area contributed by atoms with E-state index in [-0.39, 0.29) is 0 Å². The third-order valence-corrected chi connectivity index (χ3v) is 3.41. The smallest absolute Gasteiger partial charge is 0.0708 e. The number of fused-ring (bicyclic) bond motifs is 5. The Labute approximate surface area is 99.0 Å². The molecular weight excluding hydrogens is 208 g/mol. The Morgan fingerprint density at radius 1 is 0.941 bits per heavy atom. The van der Waals surface area contributed by atoms with Crippen LogP contribution in [0.1, 0.15) is 11.1 Å². The van der Waals surface area contributed by atoms with Crippen LogP contribution in [0, 0.1) is 0 Å². The lowest BCUT2D eigenvalue weighted by Gasteiger charge is -2.05. The second-order valence-corrected chi connectivity index (χ2v) is 4.39. The first kappa shape index (κ1) is 8.88. The molecule has 0 bridgehead atoms. The second-order valence-electron chi connectivity index (χ2n) is 4.39. The maximum absolute atomic E-state index is 4.52. The molecule has 0 amide bonds. The minimum Gasteiger partial charge on any atom is -0.264 e. The highest BCUT2D eigenvalue weighted by molar-refractivity contribution is 5.98. The number of pyridine rings is 2. The fraction of sp³-hybridized carbons (Fsp3) is 0.0667. The van der Waals surface area contributed by atoms with Crippen LogP contribution < -0.4 is 0 Å². The number of rotatable bonds is 0. The predicted octanol–water partition coefficient (Wildman–Crippen LogP) is 3.20. The van der Waals surface area contributed by atoms with Crippen molar-refractivity contribution in [3.05, 3.63) is 60.0 Å². The van der Waals surface area contributed by atoms with E-state index in [1.807, 2.05) is 24.7 Å². The molecule has 0 saturated carbocycles. The summed E-state index contributed by atoms with van der Waals surface area (Å²) in [5.74, 6) is 0. The maximum atomic E-state index is 4.52. The first-order valence-corrected chi connectivity index (χ1v) is 5.73. The number of para-hydroxylation sites is 1. The lowest BCUT2D eigenvalue weighted by Crippen LogP contribution is -1.85. The zero-order valence-electron chi connectivity index (χ0n) is 9.22. The van der Waals surface area contributed by atoms with E-state index in [0.717, 1.165) is 11.9 Å². The van der Waals surface area contributed by atoms with Crippen LogP contribution in [0.3, 0.4) is 0 Å². The molecule has 1 aliphatic rings. The van der Waals surface area contributed by atoms with E-state index in [0.29, 0.717) is 0 Å². The lowest BCUT2D eigenvalue weighted by molar-refractivity contribution is 1.18. The van der Waals surface area contributed by atoms with E-state index in [2.05, 4.69) is 34.2 Å². The predicted molar refractivity (Wildman–Crippen MR) is 67.8 cm³/mol. The second kappa shape index (κ2) is 3.14. The van der Waals surface area contributed by atoms with Crippen LogP contribution in [0.15, 0.2) is 48.9 Å². The first-order chi connectivity index (χ1) is 8.43. The number of benzene rings is 1. The van der Waals surface area contributed by atoms with Crippen molar-refractivity contribution in [3.63, 3.8) is 0 Å². The maximum Gasteiger partial charge on any atom is 0.0708 e. The molecule has 0 N–H and O–H groups in total. The quantitative estimate of drug-likeness (QED) is 0.453. The average molecular weight is 218 g/mol. The number of hydrogen-bond acceptors (Lipinski definition) is 2. The molecule has 17 heavy (non-hydrogen) atoms. The van der Waals surface area contributed by atoms with Gasteiger partial charge in [-0.3, -0.25) is 9.97 Å². The van der Waals surface area contributed by atoms with Gasteiger partial charge in [0.2, 0.25) is 0 Å². The molecule has 0 saturated heterocycles. The van der Waals surface area contributed by atoms with Gasteiger partial charge in [0.1, 0.15) is 0 Å². The highest BCUT2D eigenvalue weighted by Gasteiger charge is 2.20. The summed E-state index contributed by atoms with van der Waals surface area (Å²) in [5, 5.41) is 1.25. The van der Waals surface area contributed by atoms with E-state index in [1.54, 1.807) is 0 Å². The third kappa shape index (κ3) is 1.15. The molecule has 80 valence electrons. The monoisotopic (exact) mass is 218 g/mol. The normalized spacial score (nSPS) is 12.5. The summed E-state index contributed by atoms with van der Waals surface area (Å²) in [4.78, 5) is 8.71. The molecule has 0 radical (unpaired) electrons. The minimum absolute atomic E-state index is 0.955. The Kier molecular flexibility index (Phi) is 1.64. The molecular formula is C15H10N2. The molecule has 0 aliphatic heterocycles. The van der Waals surface area contributed by atoms with Crippen LogP contribution in [-0.4, -0.2) is 9.97 Å². The number of nitrogens with zero attached hydrogens (tertiary/aromatic N) is 2. The highest BCUT2D eigenvalue weighted by atomic mass is 14.7. The standard InChI is InChI=1S/C15H10N2/c1-2-4-14-13(3-1)15-11(9-17-14)7-10-8-16-6-5-12(10)15/h1-6,8-9H,7H2. The zero-order valence-corrected chi connectivity index (χ0v) is 9.22. The number of aromatic nitrogens is 2. The van der Waals surface area contributed by atoms with Crippen LogP contribution in [0.2, 0.25) is 0 Å². The van der Waals surface area contributed by atoms with Crippen LogP contribution >= 0.6 is 0 Å². The third-order valence-electron chi connectivity index (χ3n) is 3.41. The topological polar surface area (TPSA) is 25.8 Å². The Morgan fingerprint density at radius 2 is 1.88 bits per heavy atom. The molecule has 2 aromatic heterocycles. The van der Waals surface area contributed by atoms with Gasteiger partial charge in [0.05, 0.1) is 5.52 Å².